The zero-order valence-corrected chi connectivity index (χ0v) is 21.6. The SMILES string of the molecule is COCC(=O)N1CCN(C(=O)C2CCC(Cn3c(=O)c4cc(OC)ccc4n(C)c3=O)CC2)[C@@H](C)C1. The van der Waals surface area contributed by atoms with Gasteiger partial charge in [0.15, 0.2) is 0 Å². The van der Waals surface area contributed by atoms with E-state index in [9.17, 15) is 19.2 Å². The molecule has 4 rings (SSSR count). The summed E-state index contributed by atoms with van der Waals surface area (Å²) >= 11 is 0. The summed E-state index contributed by atoms with van der Waals surface area (Å²) in [6.07, 6.45) is 3.02. The predicted octanol–water partition coefficient (Wildman–Crippen LogP) is 1.22. The molecule has 10 nitrogen and oxygen atoms in total. The van der Waals surface area contributed by atoms with Gasteiger partial charge < -0.3 is 19.3 Å². The van der Waals surface area contributed by atoms with E-state index in [2.05, 4.69) is 0 Å². The van der Waals surface area contributed by atoms with Gasteiger partial charge >= 0.3 is 5.69 Å². The molecule has 0 radical (unpaired) electrons. The number of benzene rings is 1. The standard InChI is InChI=1S/C26H36N4O6/c1-17-14-28(23(31)16-35-3)11-12-29(17)24(32)19-7-5-18(6-8-19)15-30-25(33)21-13-20(36-4)9-10-22(21)27(2)26(30)34/h9-10,13,17-19H,5-8,11-12,14-16H2,1-4H3/t17-,18?,19?/m0/s1. The van der Waals surface area contributed by atoms with E-state index in [4.69, 9.17) is 9.47 Å². The quantitative estimate of drug-likeness (QED) is 0.591. The molecule has 1 aromatic heterocycles. The van der Waals surface area contributed by atoms with Crippen molar-refractivity contribution in [2.24, 2.45) is 18.9 Å². The Kier molecular flexibility index (Phi) is 7.82. The molecule has 2 heterocycles. The summed E-state index contributed by atoms with van der Waals surface area (Å²) in [5, 5.41) is 0.456. The van der Waals surface area contributed by atoms with Crippen LogP contribution in [0, 0.1) is 11.8 Å². The number of ether oxygens (including phenoxy) is 2. The highest BCUT2D eigenvalue weighted by Crippen LogP contribution is 2.31. The number of hydrogen-bond donors (Lipinski definition) is 0. The molecule has 0 bridgehead atoms. The minimum atomic E-state index is -0.328. The molecule has 1 saturated carbocycles. The van der Waals surface area contributed by atoms with Gasteiger partial charge in [-0.05, 0) is 56.7 Å². The molecule has 36 heavy (non-hydrogen) atoms. The molecule has 2 amide bonds. The van der Waals surface area contributed by atoms with Gasteiger partial charge in [0, 0.05) is 52.3 Å². The van der Waals surface area contributed by atoms with Gasteiger partial charge in [0.2, 0.25) is 11.8 Å². The van der Waals surface area contributed by atoms with E-state index in [-0.39, 0.29) is 47.5 Å². The number of carbonyl (C=O) groups is 2. The molecule has 1 saturated heterocycles. The summed E-state index contributed by atoms with van der Waals surface area (Å²) in [5.41, 5.74) is -0.0556. The first-order valence-electron chi connectivity index (χ1n) is 12.6. The van der Waals surface area contributed by atoms with Crippen LogP contribution in [0.1, 0.15) is 32.6 Å². The second kappa shape index (κ2) is 10.9. The number of aryl methyl sites for hydroxylation is 1. The molecule has 0 N–H and O–H groups in total. The lowest BCUT2D eigenvalue weighted by Gasteiger charge is -2.42. The molecular weight excluding hydrogens is 464 g/mol. The summed E-state index contributed by atoms with van der Waals surface area (Å²) in [6.45, 7) is 3.95. The second-order valence-corrected chi connectivity index (χ2v) is 10.0. The summed E-state index contributed by atoms with van der Waals surface area (Å²) in [5.74, 6) is 0.756. The van der Waals surface area contributed by atoms with Crippen LogP contribution >= 0.6 is 0 Å². The second-order valence-electron chi connectivity index (χ2n) is 10.0. The van der Waals surface area contributed by atoms with E-state index in [1.165, 1.54) is 16.2 Å². The molecule has 10 heteroatoms. The number of rotatable bonds is 6. The maximum atomic E-state index is 13.3. The van der Waals surface area contributed by atoms with E-state index < -0.39 is 0 Å². The number of carbonyl (C=O) groups excluding carboxylic acids is 2. The van der Waals surface area contributed by atoms with Crippen molar-refractivity contribution in [3.8, 4) is 5.75 Å². The lowest BCUT2D eigenvalue weighted by atomic mass is 9.81. The van der Waals surface area contributed by atoms with Gasteiger partial charge in [-0.25, -0.2) is 4.79 Å². The van der Waals surface area contributed by atoms with Gasteiger partial charge in [-0.2, -0.15) is 0 Å². The lowest BCUT2D eigenvalue weighted by Crippen LogP contribution is -2.57. The van der Waals surface area contributed by atoms with Gasteiger partial charge in [0.05, 0.1) is 18.0 Å². The molecule has 0 unspecified atom stereocenters. The third-order valence-corrected chi connectivity index (χ3v) is 7.73. The van der Waals surface area contributed by atoms with Crippen molar-refractivity contribution in [1.29, 1.82) is 0 Å². The first-order valence-corrected chi connectivity index (χ1v) is 12.6. The van der Waals surface area contributed by atoms with E-state index in [0.29, 0.717) is 42.8 Å². The van der Waals surface area contributed by atoms with E-state index in [0.717, 1.165) is 25.7 Å². The third kappa shape index (κ3) is 5.04. The normalized spacial score (nSPS) is 22.6. The van der Waals surface area contributed by atoms with Crippen LogP contribution in [0.3, 0.4) is 0 Å². The Morgan fingerprint density at radius 1 is 1.06 bits per heavy atom. The summed E-state index contributed by atoms with van der Waals surface area (Å²) in [7, 11) is 4.72. The van der Waals surface area contributed by atoms with Crippen molar-refractivity contribution in [2.75, 3.05) is 40.5 Å². The highest BCUT2D eigenvalue weighted by atomic mass is 16.5. The van der Waals surface area contributed by atoms with Gasteiger partial charge in [0.1, 0.15) is 12.4 Å². The summed E-state index contributed by atoms with van der Waals surface area (Å²) < 4.78 is 13.0. The molecule has 2 aliphatic rings. The number of hydrogen-bond acceptors (Lipinski definition) is 6. The van der Waals surface area contributed by atoms with Crippen LogP contribution in [0.2, 0.25) is 0 Å². The fraction of sp³-hybridized carbons (Fsp3) is 0.615. The number of fused-ring (bicyclic) bond motifs is 1. The van der Waals surface area contributed by atoms with Crippen molar-refractivity contribution in [1.82, 2.24) is 18.9 Å². The van der Waals surface area contributed by atoms with Gasteiger partial charge in [-0.15, -0.1) is 0 Å². The molecule has 1 aliphatic heterocycles. The van der Waals surface area contributed by atoms with Crippen LogP contribution in [0.25, 0.3) is 10.9 Å². The Hall–Kier alpha value is -3.14. The van der Waals surface area contributed by atoms with Crippen molar-refractivity contribution in [3.05, 3.63) is 39.0 Å². The first-order chi connectivity index (χ1) is 17.2. The highest BCUT2D eigenvalue weighted by Gasteiger charge is 2.35. The average molecular weight is 501 g/mol. The van der Waals surface area contributed by atoms with Crippen molar-refractivity contribution in [2.45, 2.75) is 45.2 Å². The molecule has 1 aromatic carbocycles. The maximum Gasteiger partial charge on any atom is 0.331 e. The van der Waals surface area contributed by atoms with Crippen molar-refractivity contribution < 1.29 is 19.1 Å². The maximum absolute atomic E-state index is 13.3. The van der Waals surface area contributed by atoms with Crippen LogP contribution in [0.4, 0.5) is 0 Å². The highest BCUT2D eigenvalue weighted by molar-refractivity contribution is 5.81. The van der Waals surface area contributed by atoms with Gasteiger partial charge in [-0.3, -0.25) is 23.5 Å². The topological polar surface area (TPSA) is 103 Å². The minimum absolute atomic E-state index is 0.0408. The predicted molar refractivity (Wildman–Crippen MR) is 135 cm³/mol. The molecule has 2 aromatic rings. The Labute approximate surface area is 210 Å². The smallest absolute Gasteiger partial charge is 0.331 e. The van der Waals surface area contributed by atoms with Crippen LogP contribution < -0.4 is 16.0 Å². The fourth-order valence-corrected chi connectivity index (χ4v) is 5.59. The molecule has 1 aliphatic carbocycles. The number of nitrogens with zero attached hydrogens (tertiary/aromatic N) is 4. The largest absolute Gasteiger partial charge is 0.497 e. The number of aromatic nitrogens is 2. The van der Waals surface area contributed by atoms with Gasteiger partial charge in [-0.1, -0.05) is 0 Å². The third-order valence-electron chi connectivity index (χ3n) is 7.73. The average Bonchev–Trinajstić information content (AvgIpc) is 2.89. The summed E-state index contributed by atoms with van der Waals surface area (Å²) in [4.78, 5) is 55.2. The fourth-order valence-electron chi connectivity index (χ4n) is 5.59. The molecule has 196 valence electrons. The molecule has 0 spiro atoms. The van der Waals surface area contributed by atoms with Crippen LogP contribution in [-0.2, 0) is 27.9 Å². The van der Waals surface area contributed by atoms with Crippen molar-refractivity contribution in [3.63, 3.8) is 0 Å². The monoisotopic (exact) mass is 500 g/mol. The zero-order valence-electron chi connectivity index (χ0n) is 21.6. The van der Waals surface area contributed by atoms with Gasteiger partial charge in [0.25, 0.3) is 5.56 Å². The summed E-state index contributed by atoms with van der Waals surface area (Å²) in [6, 6.07) is 5.10. The lowest BCUT2D eigenvalue weighted by molar-refractivity contribution is -0.147. The zero-order chi connectivity index (χ0) is 26.0. The molecule has 2 fully saturated rings. The number of methoxy groups -OCH3 is 2. The number of amides is 2. The van der Waals surface area contributed by atoms with E-state index >= 15 is 0 Å². The number of piperazine rings is 1. The molecular formula is C26H36N4O6. The molecule has 1 atom stereocenters. The Morgan fingerprint density at radius 2 is 1.78 bits per heavy atom. The Balaban J connectivity index is 1.40. The van der Waals surface area contributed by atoms with Crippen LogP contribution in [0.5, 0.6) is 5.75 Å². The van der Waals surface area contributed by atoms with Crippen molar-refractivity contribution >= 4 is 22.7 Å². The first kappa shape index (κ1) is 25.9. The Bertz CT molecular complexity index is 1240. The van der Waals surface area contributed by atoms with E-state index in [1.807, 2.05) is 11.8 Å². The van der Waals surface area contributed by atoms with Crippen LogP contribution in [-0.4, -0.2) is 77.3 Å². The minimum Gasteiger partial charge on any atom is -0.497 e. The Morgan fingerprint density at radius 3 is 2.42 bits per heavy atom. The van der Waals surface area contributed by atoms with Crippen LogP contribution in [0.15, 0.2) is 27.8 Å². The van der Waals surface area contributed by atoms with E-state index in [1.54, 1.807) is 37.3 Å².